The van der Waals surface area contributed by atoms with Gasteiger partial charge in [0.2, 0.25) is 0 Å². The largest absolute Gasteiger partial charge is 0.455 e. The van der Waals surface area contributed by atoms with Crippen molar-refractivity contribution >= 4 is 79.2 Å². The minimum absolute atomic E-state index is 0.178. The van der Waals surface area contributed by atoms with E-state index in [0.29, 0.717) is 0 Å². The number of nitrogens with zero attached hydrogens (tertiary/aromatic N) is 2. The molecule has 0 bridgehead atoms. The highest BCUT2D eigenvalue weighted by molar-refractivity contribution is 7.00. The van der Waals surface area contributed by atoms with E-state index in [2.05, 4.69) is 319 Å². The number of hydrogen-bond donors (Lipinski definition) is 0. The third kappa shape index (κ3) is 8.06. The average molecular weight is 1040 g/mol. The summed E-state index contributed by atoms with van der Waals surface area (Å²) in [5, 5.41) is 2.19. The van der Waals surface area contributed by atoms with E-state index in [1.54, 1.807) is 0 Å². The Labute approximate surface area is 478 Å². The maximum absolute atomic E-state index is 6.97. The molecule has 0 spiro atoms. The fourth-order valence-corrected chi connectivity index (χ4v) is 13.0. The van der Waals surface area contributed by atoms with Crippen LogP contribution in [0, 0.1) is 0 Å². The van der Waals surface area contributed by atoms with Crippen molar-refractivity contribution in [3.05, 3.63) is 309 Å². The van der Waals surface area contributed by atoms with Gasteiger partial charge in [-0.1, -0.05) is 243 Å². The third-order valence-corrected chi connectivity index (χ3v) is 16.8. The summed E-state index contributed by atoms with van der Waals surface area (Å²) in [6.07, 6.45) is 0. The van der Waals surface area contributed by atoms with E-state index >= 15 is 0 Å². The molecule has 14 aromatic rings. The van der Waals surface area contributed by atoms with Gasteiger partial charge < -0.3 is 14.2 Å². The first kappa shape index (κ1) is 47.3. The topological polar surface area (TPSA) is 19.6 Å². The number of para-hydroxylation sites is 2. The lowest BCUT2D eigenvalue weighted by atomic mass is 9.33. The number of hydrogen-bond acceptors (Lipinski definition) is 3. The number of rotatable bonds is 9. The molecule has 16 rings (SSSR count). The van der Waals surface area contributed by atoms with Gasteiger partial charge in [-0.15, -0.1) is 0 Å². The maximum Gasteiger partial charge on any atom is 0.252 e. The van der Waals surface area contributed by atoms with Gasteiger partial charge in [-0.25, -0.2) is 0 Å². The highest BCUT2D eigenvalue weighted by Crippen LogP contribution is 2.50. The average Bonchev–Trinajstić information content (AvgIpc) is 2.86. The van der Waals surface area contributed by atoms with E-state index in [4.69, 9.17) is 4.42 Å². The lowest BCUT2D eigenvalue weighted by Gasteiger charge is -2.45. The normalized spacial score (nSPS) is 12.3. The number of benzene rings is 13. The minimum Gasteiger partial charge on any atom is -0.455 e. The molecule has 0 saturated carbocycles. The van der Waals surface area contributed by atoms with Crippen molar-refractivity contribution in [1.82, 2.24) is 0 Å². The molecule has 0 N–H and O–H groups in total. The molecule has 0 fully saturated rings. The highest BCUT2D eigenvalue weighted by atomic mass is 16.3. The number of anilines is 6. The van der Waals surface area contributed by atoms with Gasteiger partial charge in [-0.05, 0) is 155 Å². The number of furan rings is 1. The summed E-state index contributed by atoms with van der Waals surface area (Å²) in [4.78, 5) is 5.14. The van der Waals surface area contributed by atoms with E-state index in [1.807, 2.05) is 0 Å². The van der Waals surface area contributed by atoms with Crippen LogP contribution < -0.4 is 26.2 Å². The predicted octanol–water partition coefficient (Wildman–Crippen LogP) is 19.3. The van der Waals surface area contributed by atoms with Crippen molar-refractivity contribution in [3.63, 3.8) is 0 Å². The van der Waals surface area contributed by atoms with Gasteiger partial charge >= 0.3 is 0 Å². The minimum atomic E-state index is -0.178. The highest BCUT2D eigenvalue weighted by Gasteiger charge is 2.44. The maximum atomic E-state index is 6.97. The first-order chi connectivity index (χ1) is 40.6. The summed E-state index contributed by atoms with van der Waals surface area (Å²) in [7, 11) is 0. The van der Waals surface area contributed by atoms with Crippen molar-refractivity contribution in [2.45, 2.75) is 0 Å². The molecule has 382 valence electrons. The van der Waals surface area contributed by atoms with E-state index in [9.17, 15) is 0 Å². The molecular weight excluding hydrogens is 992 g/mol. The summed E-state index contributed by atoms with van der Waals surface area (Å²) >= 11 is 0. The zero-order valence-electron chi connectivity index (χ0n) is 44.8. The molecule has 82 heavy (non-hydrogen) atoms. The fraction of sp³-hybridized carbons (Fsp3) is 0. The first-order valence-electron chi connectivity index (χ1n) is 28.2. The molecule has 4 heteroatoms. The Balaban J connectivity index is 1.06. The standard InChI is InChI=1S/C78H51BN2O/c1-7-22-52(23-8-1)58-38-40-72-70(48-58)79-71-49-59(53-24-9-2-10-25-53)39-41-73(71)81(66-46-62(56-30-15-5-16-31-56)43-63(47-66)57-32-17-6-18-33-57)75-51-64(67-35-21-36-69-68-34-19-20-37-76(68)82-78(67)69)50-74(77(75)79)80(72)65-44-60(54-26-11-3-12-27-54)42-61(45-65)55-28-13-4-14-29-55/h1-51H. The van der Waals surface area contributed by atoms with Crippen molar-refractivity contribution in [2.75, 3.05) is 9.80 Å². The van der Waals surface area contributed by atoms with Crippen LogP contribution in [0.25, 0.3) is 99.8 Å². The molecule has 0 amide bonds. The van der Waals surface area contributed by atoms with Gasteiger partial charge in [0, 0.05) is 50.5 Å². The lowest BCUT2D eigenvalue weighted by molar-refractivity contribution is 0.670. The second-order valence-corrected chi connectivity index (χ2v) is 21.6. The van der Waals surface area contributed by atoms with E-state index in [0.717, 1.165) is 112 Å². The van der Waals surface area contributed by atoms with Crippen LogP contribution in [0.1, 0.15) is 0 Å². The smallest absolute Gasteiger partial charge is 0.252 e. The van der Waals surface area contributed by atoms with Crippen LogP contribution in [0.4, 0.5) is 34.1 Å². The molecule has 2 aliphatic rings. The molecule has 0 unspecified atom stereocenters. The van der Waals surface area contributed by atoms with Crippen LogP contribution in [0.3, 0.4) is 0 Å². The first-order valence-corrected chi connectivity index (χ1v) is 28.2. The Kier molecular flexibility index (Phi) is 11.3. The Bertz CT molecular complexity index is 4380. The zero-order valence-corrected chi connectivity index (χ0v) is 44.8. The molecule has 0 aliphatic carbocycles. The molecular formula is C78H51BN2O. The van der Waals surface area contributed by atoms with Crippen molar-refractivity contribution < 1.29 is 4.42 Å². The summed E-state index contributed by atoms with van der Waals surface area (Å²) in [5.74, 6) is 0. The van der Waals surface area contributed by atoms with Gasteiger partial charge in [0.05, 0.1) is 0 Å². The molecule has 0 radical (unpaired) electrons. The van der Waals surface area contributed by atoms with Crippen molar-refractivity contribution in [2.24, 2.45) is 0 Å². The molecule has 13 aromatic carbocycles. The Morgan fingerprint density at radius 3 is 1.02 bits per heavy atom. The Morgan fingerprint density at radius 1 is 0.244 bits per heavy atom. The lowest BCUT2D eigenvalue weighted by Crippen LogP contribution is -2.61. The van der Waals surface area contributed by atoms with Gasteiger partial charge in [-0.3, -0.25) is 0 Å². The fourth-order valence-electron chi connectivity index (χ4n) is 13.0. The van der Waals surface area contributed by atoms with Crippen LogP contribution in [0.15, 0.2) is 314 Å². The van der Waals surface area contributed by atoms with E-state index in [1.165, 1.54) is 38.6 Å². The Morgan fingerprint density at radius 2 is 0.610 bits per heavy atom. The summed E-state index contributed by atoms with van der Waals surface area (Å²) in [6, 6.07) is 114. The predicted molar refractivity (Wildman–Crippen MR) is 346 cm³/mol. The molecule has 3 nitrogen and oxygen atoms in total. The molecule has 3 heterocycles. The second-order valence-electron chi connectivity index (χ2n) is 21.6. The van der Waals surface area contributed by atoms with E-state index in [-0.39, 0.29) is 6.71 Å². The van der Waals surface area contributed by atoms with Crippen LogP contribution in [0.2, 0.25) is 0 Å². The molecule has 1 aromatic heterocycles. The van der Waals surface area contributed by atoms with Crippen LogP contribution in [-0.4, -0.2) is 6.71 Å². The molecule has 0 saturated heterocycles. The van der Waals surface area contributed by atoms with Crippen LogP contribution >= 0.6 is 0 Å². The van der Waals surface area contributed by atoms with Crippen molar-refractivity contribution in [1.29, 1.82) is 0 Å². The SMILES string of the molecule is c1ccc(-c2cc(-c3ccccc3)cc(N3c4ccc(-c5ccccc5)cc4B4c5cc(-c6ccccc6)ccc5N(c5cc(-c6ccccc6)cc(-c6ccccc6)c5)c5cc(-c6cccc7c6oc6ccccc67)cc3c54)c2)cc1. The van der Waals surface area contributed by atoms with Gasteiger partial charge in [0.25, 0.3) is 6.71 Å². The second kappa shape index (κ2) is 19.6. The summed E-state index contributed by atoms with van der Waals surface area (Å²) in [5.41, 5.74) is 28.1. The van der Waals surface area contributed by atoms with Gasteiger partial charge in [-0.2, -0.15) is 0 Å². The molecule has 2 aliphatic heterocycles. The molecule has 0 atom stereocenters. The van der Waals surface area contributed by atoms with Gasteiger partial charge in [0.1, 0.15) is 11.2 Å². The van der Waals surface area contributed by atoms with Crippen LogP contribution in [0.5, 0.6) is 0 Å². The number of fused-ring (bicyclic) bond motifs is 7. The van der Waals surface area contributed by atoms with Gasteiger partial charge in [0.15, 0.2) is 0 Å². The van der Waals surface area contributed by atoms with Crippen LogP contribution in [-0.2, 0) is 0 Å². The van der Waals surface area contributed by atoms with E-state index < -0.39 is 0 Å². The third-order valence-electron chi connectivity index (χ3n) is 16.8. The monoisotopic (exact) mass is 1040 g/mol. The summed E-state index contributed by atoms with van der Waals surface area (Å²) < 4.78 is 6.97. The quantitative estimate of drug-likeness (QED) is 0.134. The van der Waals surface area contributed by atoms with Crippen molar-refractivity contribution in [3.8, 4) is 77.9 Å². The zero-order chi connectivity index (χ0) is 54.1. The Hall–Kier alpha value is -10.7. The summed E-state index contributed by atoms with van der Waals surface area (Å²) in [6.45, 7) is -0.178.